The van der Waals surface area contributed by atoms with Crippen LogP contribution in [0.1, 0.15) is 30.6 Å². The molecule has 0 unspecified atom stereocenters. The van der Waals surface area contributed by atoms with Gasteiger partial charge < -0.3 is 5.73 Å². The molecule has 0 bridgehead atoms. The van der Waals surface area contributed by atoms with Gasteiger partial charge in [0.05, 0.1) is 0 Å². The van der Waals surface area contributed by atoms with E-state index >= 15 is 0 Å². The highest BCUT2D eigenvalue weighted by atomic mass is 79.9. The Labute approximate surface area is 110 Å². The van der Waals surface area contributed by atoms with E-state index in [1.807, 2.05) is 11.3 Å². The van der Waals surface area contributed by atoms with Crippen LogP contribution in [0.3, 0.4) is 0 Å². The molecule has 1 aliphatic rings. The van der Waals surface area contributed by atoms with Gasteiger partial charge in [0, 0.05) is 40.4 Å². The van der Waals surface area contributed by atoms with E-state index in [2.05, 4.69) is 32.3 Å². The van der Waals surface area contributed by atoms with Crippen LogP contribution in [0.5, 0.6) is 0 Å². The zero-order valence-corrected chi connectivity index (χ0v) is 11.9. The fraction of sp³-hybridized carbons (Fsp3) is 0.667. The van der Waals surface area contributed by atoms with Crippen molar-refractivity contribution in [1.82, 2.24) is 4.90 Å². The Morgan fingerprint density at radius 3 is 2.75 bits per heavy atom. The van der Waals surface area contributed by atoms with Crippen LogP contribution in [0.15, 0.2) is 15.9 Å². The molecule has 0 spiro atoms. The number of hydrogen-bond donors (Lipinski definition) is 1. The lowest BCUT2D eigenvalue weighted by Gasteiger charge is -2.27. The average Bonchev–Trinajstić information content (AvgIpc) is 2.88. The van der Waals surface area contributed by atoms with Crippen molar-refractivity contribution in [1.29, 1.82) is 0 Å². The van der Waals surface area contributed by atoms with Crippen LogP contribution in [0.25, 0.3) is 0 Å². The first-order valence-corrected chi connectivity index (χ1v) is 7.64. The van der Waals surface area contributed by atoms with Gasteiger partial charge in [0.25, 0.3) is 0 Å². The van der Waals surface area contributed by atoms with Crippen LogP contribution in [0.4, 0.5) is 0 Å². The highest BCUT2D eigenvalue weighted by Crippen LogP contribution is 2.27. The van der Waals surface area contributed by atoms with Crippen molar-refractivity contribution in [2.45, 2.75) is 38.3 Å². The zero-order valence-electron chi connectivity index (χ0n) is 9.49. The fourth-order valence-corrected chi connectivity index (χ4v) is 3.94. The van der Waals surface area contributed by atoms with Crippen molar-refractivity contribution in [2.24, 2.45) is 5.73 Å². The second-order valence-electron chi connectivity index (χ2n) is 4.43. The molecule has 16 heavy (non-hydrogen) atoms. The minimum atomic E-state index is 0.767. The standard InChI is InChI=1S/C12H19BrN2S/c13-10-7-12(16-9-10)8-15(6-5-14)11-3-1-2-4-11/h7,9,11H,1-6,8,14H2. The predicted molar refractivity (Wildman–Crippen MR) is 73.7 cm³/mol. The Kier molecular flexibility index (Phi) is 4.82. The van der Waals surface area contributed by atoms with Gasteiger partial charge >= 0.3 is 0 Å². The van der Waals surface area contributed by atoms with Crippen LogP contribution in [-0.4, -0.2) is 24.0 Å². The molecular formula is C12H19BrN2S. The van der Waals surface area contributed by atoms with Crippen molar-refractivity contribution in [3.05, 3.63) is 20.8 Å². The summed E-state index contributed by atoms with van der Waals surface area (Å²) in [5.74, 6) is 0. The average molecular weight is 303 g/mol. The summed E-state index contributed by atoms with van der Waals surface area (Å²) in [7, 11) is 0. The molecule has 2 N–H and O–H groups in total. The third-order valence-corrected chi connectivity index (χ3v) is 4.92. The van der Waals surface area contributed by atoms with Gasteiger partial charge in [-0.25, -0.2) is 0 Å². The quantitative estimate of drug-likeness (QED) is 0.905. The molecule has 1 saturated carbocycles. The summed E-state index contributed by atoms with van der Waals surface area (Å²) >= 11 is 5.34. The van der Waals surface area contributed by atoms with Crippen molar-refractivity contribution in [3.8, 4) is 0 Å². The minimum Gasteiger partial charge on any atom is -0.329 e. The molecule has 1 heterocycles. The van der Waals surface area contributed by atoms with Crippen LogP contribution in [-0.2, 0) is 6.54 Å². The Morgan fingerprint density at radius 2 is 2.19 bits per heavy atom. The first-order valence-electron chi connectivity index (χ1n) is 5.96. The highest BCUT2D eigenvalue weighted by Gasteiger charge is 2.22. The molecule has 0 amide bonds. The molecule has 4 heteroatoms. The van der Waals surface area contributed by atoms with E-state index in [-0.39, 0.29) is 0 Å². The van der Waals surface area contributed by atoms with E-state index in [1.165, 1.54) is 35.0 Å². The SMILES string of the molecule is NCCN(Cc1cc(Br)cs1)C1CCCC1. The summed E-state index contributed by atoms with van der Waals surface area (Å²) in [6.07, 6.45) is 5.48. The molecule has 0 radical (unpaired) electrons. The second-order valence-corrected chi connectivity index (χ2v) is 6.34. The van der Waals surface area contributed by atoms with Crippen molar-refractivity contribution in [3.63, 3.8) is 0 Å². The molecule has 0 aromatic carbocycles. The number of halogens is 1. The predicted octanol–water partition coefficient (Wildman–Crippen LogP) is 3.21. The maximum Gasteiger partial charge on any atom is 0.0331 e. The van der Waals surface area contributed by atoms with E-state index in [0.29, 0.717) is 0 Å². The van der Waals surface area contributed by atoms with Gasteiger partial charge in [-0.2, -0.15) is 0 Å². The number of nitrogens with two attached hydrogens (primary N) is 1. The van der Waals surface area contributed by atoms with Gasteiger partial charge in [0.15, 0.2) is 0 Å². The summed E-state index contributed by atoms with van der Waals surface area (Å²) in [5.41, 5.74) is 5.71. The lowest BCUT2D eigenvalue weighted by Crippen LogP contribution is -2.36. The monoisotopic (exact) mass is 302 g/mol. The van der Waals surface area contributed by atoms with Crippen LogP contribution in [0.2, 0.25) is 0 Å². The van der Waals surface area contributed by atoms with Crippen LogP contribution >= 0.6 is 27.3 Å². The number of nitrogens with zero attached hydrogens (tertiary/aromatic N) is 1. The van der Waals surface area contributed by atoms with Crippen molar-refractivity contribution >= 4 is 27.3 Å². The number of hydrogen-bond acceptors (Lipinski definition) is 3. The Balaban J connectivity index is 1.96. The minimum absolute atomic E-state index is 0.767. The Hall–Kier alpha value is 0.1000. The lowest BCUT2D eigenvalue weighted by atomic mass is 10.2. The van der Waals surface area contributed by atoms with E-state index < -0.39 is 0 Å². The van der Waals surface area contributed by atoms with Crippen molar-refractivity contribution < 1.29 is 0 Å². The van der Waals surface area contributed by atoms with Crippen LogP contribution in [0, 0.1) is 0 Å². The number of thiophene rings is 1. The van der Waals surface area contributed by atoms with E-state index in [1.54, 1.807) is 0 Å². The smallest absolute Gasteiger partial charge is 0.0331 e. The molecule has 1 aromatic heterocycles. The van der Waals surface area contributed by atoms with Crippen molar-refractivity contribution in [2.75, 3.05) is 13.1 Å². The second kappa shape index (κ2) is 6.15. The first-order chi connectivity index (χ1) is 7.79. The highest BCUT2D eigenvalue weighted by molar-refractivity contribution is 9.10. The van der Waals surface area contributed by atoms with E-state index in [4.69, 9.17) is 5.73 Å². The molecule has 2 rings (SSSR count). The molecule has 0 atom stereocenters. The third-order valence-electron chi connectivity index (χ3n) is 3.24. The molecule has 90 valence electrons. The van der Waals surface area contributed by atoms with Gasteiger partial charge in [0.2, 0.25) is 0 Å². The van der Waals surface area contributed by atoms with E-state index in [0.717, 1.165) is 25.7 Å². The molecule has 1 aromatic rings. The topological polar surface area (TPSA) is 29.3 Å². The fourth-order valence-electron chi connectivity index (χ4n) is 2.46. The van der Waals surface area contributed by atoms with Gasteiger partial charge in [0.1, 0.15) is 0 Å². The maximum absolute atomic E-state index is 5.71. The zero-order chi connectivity index (χ0) is 11.4. The Bertz CT molecular complexity index is 321. The summed E-state index contributed by atoms with van der Waals surface area (Å²) in [6.45, 7) is 2.86. The summed E-state index contributed by atoms with van der Waals surface area (Å²) in [5, 5.41) is 2.16. The van der Waals surface area contributed by atoms with Crippen LogP contribution < -0.4 is 5.73 Å². The number of rotatable bonds is 5. The molecule has 0 aliphatic heterocycles. The maximum atomic E-state index is 5.71. The molecule has 2 nitrogen and oxygen atoms in total. The largest absolute Gasteiger partial charge is 0.329 e. The normalized spacial score (nSPS) is 17.4. The summed E-state index contributed by atoms with van der Waals surface area (Å²) < 4.78 is 1.20. The molecule has 1 aliphatic carbocycles. The third kappa shape index (κ3) is 3.29. The van der Waals surface area contributed by atoms with Gasteiger partial charge in [-0.1, -0.05) is 12.8 Å². The van der Waals surface area contributed by atoms with E-state index in [9.17, 15) is 0 Å². The summed E-state index contributed by atoms with van der Waals surface area (Å²) in [6, 6.07) is 2.99. The molecular weight excluding hydrogens is 284 g/mol. The van der Waals surface area contributed by atoms with Gasteiger partial charge in [-0.3, -0.25) is 4.90 Å². The summed E-state index contributed by atoms with van der Waals surface area (Å²) in [4.78, 5) is 4.00. The molecule has 1 fully saturated rings. The van der Waals surface area contributed by atoms with Gasteiger partial charge in [-0.05, 0) is 34.8 Å². The molecule has 0 saturated heterocycles. The lowest BCUT2D eigenvalue weighted by molar-refractivity contribution is 0.197. The Morgan fingerprint density at radius 1 is 1.44 bits per heavy atom. The van der Waals surface area contributed by atoms with Gasteiger partial charge in [-0.15, -0.1) is 11.3 Å². The first kappa shape index (κ1) is 12.6.